The molecule has 2 bridgehead atoms. The number of anilines is 1. The molecule has 3 amide bonds. The van der Waals surface area contributed by atoms with Crippen LogP contribution in [0.2, 0.25) is 0 Å². The van der Waals surface area contributed by atoms with Gasteiger partial charge in [0.2, 0.25) is 11.8 Å². The van der Waals surface area contributed by atoms with Crippen molar-refractivity contribution in [1.29, 1.82) is 0 Å². The third-order valence-electron chi connectivity index (χ3n) is 9.90. The maximum Gasteiger partial charge on any atom is 0.251 e. The lowest BCUT2D eigenvalue weighted by Crippen LogP contribution is -2.58. The molecule has 6 atom stereocenters. The van der Waals surface area contributed by atoms with Gasteiger partial charge < -0.3 is 24.5 Å². The number of aliphatic hydroxyl groups is 1. The van der Waals surface area contributed by atoms with Crippen molar-refractivity contribution >= 4 is 35.2 Å². The van der Waals surface area contributed by atoms with Gasteiger partial charge in [-0.3, -0.25) is 14.4 Å². The minimum Gasteiger partial charge on any atom is -0.497 e. The van der Waals surface area contributed by atoms with Gasteiger partial charge in [-0.1, -0.05) is 56.3 Å². The van der Waals surface area contributed by atoms with Crippen LogP contribution in [0.1, 0.15) is 45.6 Å². The Kier molecular flexibility index (Phi) is 10.0. The smallest absolute Gasteiger partial charge is 0.251 e. The van der Waals surface area contributed by atoms with E-state index in [-0.39, 0.29) is 36.8 Å². The van der Waals surface area contributed by atoms with E-state index < -0.39 is 33.4 Å². The second-order valence-electron chi connectivity index (χ2n) is 13.4. The van der Waals surface area contributed by atoms with E-state index in [1.165, 1.54) is 0 Å². The van der Waals surface area contributed by atoms with Gasteiger partial charge in [0.1, 0.15) is 11.8 Å². The first-order valence-electron chi connectivity index (χ1n) is 16.2. The van der Waals surface area contributed by atoms with Crippen LogP contribution in [-0.4, -0.2) is 81.0 Å². The molecule has 1 spiro atoms. The summed E-state index contributed by atoms with van der Waals surface area (Å²) in [5, 5.41) is 10.7. The Morgan fingerprint density at radius 2 is 1.74 bits per heavy atom. The average molecular weight is 646 g/mol. The highest BCUT2D eigenvalue weighted by atomic mass is 32.2. The van der Waals surface area contributed by atoms with E-state index in [4.69, 9.17) is 4.74 Å². The van der Waals surface area contributed by atoms with Crippen LogP contribution in [0.4, 0.5) is 5.69 Å². The summed E-state index contributed by atoms with van der Waals surface area (Å²) in [5.41, 5.74) is 1.66. The Balaban J connectivity index is 1.60. The standard InChI is InChI=1S/C37H47N3O5S/c1-7-20-38(23-26-12-10-9-11-13-26)33(42)30-31-34(43)40(28(24-41)22-25(3)4)32(37(31)19-18-36(30,5)46-37)35(44)39(21-8-2)27-14-16-29(45-6)17-15-27/h7-17,25,28,30-32,41H,1-2,18-24H2,3-6H3/t28-,30-,31+,32?,36+,37?/m1/s1. The van der Waals surface area contributed by atoms with Gasteiger partial charge in [0.25, 0.3) is 5.91 Å². The van der Waals surface area contributed by atoms with Crippen LogP contribution in [0, 0.1) is 17.8 Å². The molecule has 46 heavy (non-hydrogen) atoms. The highest BCUT2D eigenvalue weighted by Crippen LogP contribution is 2.72. The molecule has 2 unspecified atom stereocenters. The first-order chi connectivity index (χ1) is 22.0. The van der Waals surface area contributed by atoms with Gasteiger partial charge in [-0.15, -0.1) is 24.9 Å². The first-order valence-corrected chi connectivity index (χ1v) is 17.0. The maximum atomic E-state index is 15.0. The van der Waals surface area contributed by atoms with Crippen LogP contribution < -0.4 is 9.64 Å². The molecule has 0 aliphatic carbocycles. The molecule has 3 saturated heterocycles. The van der Waals surface area contributed by atoms with Crippen LogP contribution in [0.15, 0.2) is 79.9 Å². The summed E-state index contributed by atoms with van der Waals surface area (Å²) in [5.74, 6) is -0.980. The first kappa shape index (κ1) is 33.8. The zero-order valence-electron chi connectivity index (χ0n) is 27.4. The zero-order chi connectivity index (χ0) is 33.2. The average Bonchev–Trinajstić information content (AvgIpc) is 3.62. The van der Waals surface area contributed by atoms with Gasteiger partial charge in [-0.2, -0.15) is 0 Å². The van der Waals surface area contributed by atoms with E-state index in [0.29, 0.717) is 43.8 Å². The fraction of sp³-hybridized carbons (Fsp3) is 0.486. The molecule has 3 heterocycles. The predicted octanol–water partition coefficient (Wildman–Crippen LogP) is 5.32. The summed E-state index contributed by atoms with van der Waals surface area (Å²) in [7, 11) is 1.59. The molecule has 2 aromatic carbocycles. The van der Waals surface area contributed by atoms with Crippen molar-refractivity contribution < 1.29 is 24.2 Å². The minimum absolute atomic E-state index is 0.0887. The molecule has 0 saturated carbocycles. The van der Waals surface area contributed by atoms with Crippen molar-refractivity contribution in [3.63, 3.8) is 0 Å². The Morgan fingerprint density at radius 3 is 2.33 bits per heavy atom. The van der Waals surface area contributed by atoms with Crippen LogP contribution >= 0.6 is 11.8 Å². The molecular weight excluding hydrogens is 598 g/mol. The number of rotatable bonds is 14. The highest BCUT2D eigenvalue weighted by molar-refractivity contribution is 8.02. The van der Waals surface area contributed by atoms with E-state index in [1.54, 1.807) is 57.9 Å². The quantitative estimate of drug-likeness (QED) is 0.280. The van der Waals surface area contributed by atoms with Crippen molar-refractivity contribution in [1.82, 2.24) is 9.80 Å². The lowest BCUT2D eigenvalue weighted by Gasteiger charge is -2.40. The van der Waals surface area contributed by atoms with Crippen LogP contribution in [-0.2, 0) is 20.9 Å². The molecule has 5 rings (SSSR count). The number of ether oxygens (including phenoxy) is 1. The highest BCUT2D eigenvalue weighted by Gasteiger charge is 2.78. The number of nitrogens with zero attached hydrogens (tertiary/aromatic N) is 3. The number of amides is 3. The lowest BCUT2D eigenvalue weighted by molar-refractivity contribution is -0.147. The Labute approximate surface area is 277 Å². The van der Waals surface area contributed by atoms with Gasteiger partial charge in [0, 0.05) is 30.1 Å². The predicted molar refractivity (Wildman–Crippen MR) is 184 cm³/mol. The number of hydrogen-bond donors (Lipinski definition) is 1. The van der Waals surface area contributed by atoms with Crippen LogP contribution in [0.5, 0.6) is 5.75 Å². The van der Waals surface area contributed by atoms with Gasteiger partial charge in [0.15, 0.2) is 0 Å². The Bertz CT molecular complexity index is 1450. The molecule has 0 radical (unpaired) electrons. The molecule has 0 aromatic heterocycles. The summed E-state index contributed by atoms with van der Waals surface area (Å²) < 4.78 is 4.02. The number of fused-ring (bicyclic) bond motifs is 1. The van der Waals surface area contributed by atoms with Crippen LogP contribution in [0.25, 0.3) is 0 Å². The van der Waals surface area contributed by atoms with Gasteiger partial charge in [0.05, 0.1) is 36.3 Å². The van der Waals surface area contributed by atoms with E-state index in [9.17, 15) is 19.5 Å². The summed E-state index contributed by atoms with van der Waals surface area (Å²) in [4.78, 5) is 49.6. The van der Waals surface area contributed by atoms with Gasteiger partial charge in [-0.25, -0.2) is 0 Å². The maximum absolute atomic E-state index is 15.0. The lowest BCUT2D eigenvalue weighted by atomic mass is 9.66. The zero-order valence-corrected chi connectivity index (χ0v) is 28.2. The third-order valence-corrected chi connectivity index (χ3v) is 11.9. The van der Waals surface area contributed by atoms with E-state index in [2.05, 4.69) is 20.1 Å². The van der Waals surface area contributed by atoms with E-state index in [1.807, 2.05) is 56.3 Å². The summed E-state index contributed by atoms with van der Waals surface area (Å²) in [6.07, 6.45) is 5.28. The second kappa shape index (κ2) is 13.7. The van der Waals surface area contributed by atoms with Crippen molar-refractivity contribution in [2.75, 3.05) is 31.7 Å². The molecule has 9 heteroatoms. The Morgan fingerprint density at radius 1 is 1.07 bits per heavy atom. The molecule has 1 N–H and O–H groups in total. The van der Waals surface area contributed by atoms with Gasteiger partial charge >= 0.3 is 0 Å². The fourth-order valence-corrected chi connectivity index (χ4v) is 10.3. The van der Waals surface area contributed by atoms with Crippen molar-refractivity contribution in [2.24, 2.45) is 17.8 Å². The SMILES string of the molecule is C=CCN(Cc1ccccc1)C(=O)[C@H]1[C@H]2C(=O)N([C@@H](CO)CC(C)C)C(C(=O)N(CC=C)c3ccc(OC)cc3)C23CC[C@]1(C)S3. The number of likely N-dealkylation sites (tertiary alicyclic amines) is 1. The van der Waals surface area contributed by atoms with Gasteiger partial charge in [-0.05, 0) is 61.9 Å². The number of aliphatic hydroxyl groups excluding tert-OH is 1. The van der Waals surface area contributed by atoms with E-state index in [0.717, 1.165) is 5.56 Å². The number of carbonyl (C=O) groups excluding carboxylic acids is 3. The molecule has 3 aliphatic rings. The molecular formula is C37H47N3O5S. The summed E-state index contributed by atoms with van der Waals surface area (Å²) >= 11 is 1.65. The third kappa shape index (κ3) is 5.88. The number of benzene rings is 2. The number of thioether (sulfide) groups is 1. The topological polar surface area (TPSA) is 90.4 Å². The molecule has 3 aliphatic heterocycles. The summed E-state index contributed by atoms with van der Waals surface area (Å²) in [6.45, 7) is 14.7. The number of methoxy groups -OCH3 is 1. The number of hydrogen-bond acceptors (Lipinski definition) is 6. The molecule has 8 nitrogen and oxygen atoms in total. The van der Waals surface area contributed by atoms with Crippen molar-refractivity contribution in [3.05, 3.63) is 85.5 Å². The normalized spacial score (nSPS) is 27.0. The minimum atomic E-state index is -0.852. The van der Waals surface area contributed by atoms with E-state index >= 15 is 0 Å². The second-order valence-corrected chi connectivity index (χ2v) is 15.3. The summed E-state index contributed by atoms with van der Waals surface area (Å²) in [6, 6.07) is 15.7. The number of carbonyl (C=O) groups is 3. The van der Waals surface area contributed by atoms with Crippen LogP contribution in [0.3, 0.4) is 0 Å². The largest absolute Gasteiger partial charge is 0.497 e. The van der Waals surface area contributed by atoms with Crippen molar-refractivity contribution in [2.45, 2.75) is 68.2 Å². The molecule has 246 valence electrons. The fourth-order valence-electron chi connectivity index (χ4n) is 7.98. The Hall–Kier alpha value is -3.56. The van der Waals surface area contributed by atoms with Crippen molar-refractivity contribution in [3.8, 4) is 5.75 Å². The monoisotopic (exact) mass is 645 g/mol. The molecule has 3 fully saturated rings. The molecule has 2 aromatic rings.